The number of anilines is 2. The molecule has 5 rings (SSSR count). The van der Waals surface area contributed by atoms with Crippen LogP contribution in [0, 0.1) is 0 Å². The Morgan fingerprint density at radius 2 is 1.71 bits per heavy atom. The molecule has 0 radical (unpaired) electrons. The average molecular weight is 743 g/mol. The second kappa shape index (κ2) is 17.6. The van der Waals surface area contributed by atoms with Gasteiger partial charge < -0.3 is 35.1 Å². The van der Waals surface area contributed by atoms with E-state index in [1.807, 2.05) is 0 Å². The number of carbonyl (C=O) groups is 5. The highest BCUT2D eigenvalue weighted by Gasteiger charge is 2.30. The molecular weight excluding hydrogens is 705 g/mol. The molecule has 3 N–H and O–H groups in total. The van der Waals surface area contributed by atoms with Crippen molar-refractivity contribution in [3.8, 4) is 11.5 Å². The van der Waals surface area contributed by atoms with Crippen LogP contribution in [0.4, 0.5) is 10.7 Å². The van der Waals surface area contributed by atoms with Gasteiger partial charge in [-0.2, -0.15) is 0 Å². The third kappa shape index (κ3) is 9.19. The Morgan fingerprint density at radius 1 is 0.942 bits per heavy atom. The zero-order valence-electron chi connectivity index (χ0n) is 29.1. The Bertz CT molecular complexity index is 2010. The predicted octanol–water partition coefficient (Wildman–Crippen LogP) is 5.99. The maximum absolute atomic E-state index is 13.7. The summed E-state index contributed by atoms with van der Waals surface area (Å²) in [4.78, 5) is 68.1. The number of rotatable bonds is 13. The number of hydrogen-bond acceptors (Lipinski definition) is 10. The molecule has 0 aliphatic carbocycles. The van der Waals surface area contributed by atoms with Crippen LogP contribution in [0.15, 0.2) is 83.4 Å². The molecular formula is C38H38N4O8S2. The minimum atomic E-state index is -0.592. The van der Waals surface area contributed by atoms with Gasteiger partial charge in [0, 0.05) is 40.1 Å². The molecule has 0 fully saturated rings. The normalized spacial score (nSPS) is 12.3. The molecule has 52 heavy (non-hydrogen) atoms. The fourth-order valence-corrected chi connectivity index (χ4v) is 7.50. The van der Waals surface area contributed by atoms with Gasteiger partial charge in [-0.3, -0.25) is 19.2 Å². The Morgan fingerprint density at radius 3 is 2.42 bits per heavy atom. The smallest absolute Gasteiger partial charge is 0.341 e. The van der Waals surface area contributed by atoms with Crippen molar-refractivity contribution in [2.45, 2.75) is 31.7 Å². The lowest BCUT2D eigenvalue weighted by atomic mass is 10.0. The first-order chi connectivity index (χ1) is 25.1. The number of benzene rings is 3. The number of thiophene rings is 1. The van der Waals surface area contributed by atoms with Crippen molar-refractivity contribution in [3.05, 3.63) is 106 Å². The van der Waals surface area contributed by atoms with Gasteiger partial charge in [-0.1, -0.05) is 36.4 Å². The standard InChI is InChI=1S/C38H38N4O8S2/c1-5-50-38(47)33-28-17-18-42(23(2)43)21-31(28)52-37(33)41-32(44)22-51-27-15-10-14-26(20-27)39-36(46)29(40-35(45)24-11-7-6-8-12-24)19-25-13-9-16-30(48-3)34(25)49-4/h6-16,19-20H,5,17-18,21-22H2,1-4H3,(H,39,46)(H,40,45)(H,41,44)/b29-19+. The van der Waals surface area contributed by atoms with Gasteiger partial charge in [-0.05, 0) is 61.4 Å². The number of nitrogens with zero attached hydrogens (tertiary/aromatic N) is 1. The molecule has 1 aliphatic heterocycles. The van der Waals surface area contributed by atoms with Crippen LogP contribution < -0.4 is 25.4 Å². The first-order valence-electron chi connectivity index (χ1n) is 16.3. The summed E-state index contributed by atoms with van der Waals surface area (Å²) in [5, 5.41) is 8.82. The molecule has 14 heteroatoms. The quantitative estimate of drug-likeness (QED) is 0.0853. The van der Waals surface area contributed by atoms with Crippen LogP contribution in [0.25, 0.3) is 6.08 Å². The van der Waals surface area contributed by atoms with Crippen molar-refractivity contribution in [2.24, 2.45) is 0 Å². The molecule has 0 atom stereocenters. The first-order valence-corrected chi connectivity index (χ1v) is 18.1. The van der Waals surface area contributed by atoms with E-state index in [0.29, 0.717) is 63.3 Å². The summed E-state index contributed by atoms with van der Waals surface area (Å²) in [6, 6.07) is 20.6. The van der Waals surface area contributed by atoms with Crippen molar-refractivity contribution in [1.82, 2.24) is 10.2 Å². The minimum Gasteiger partial charge on any atom is -0.493 e. The van der Waals surface area contributed by atoms with E-state index in [1.165, 1.54) is 50.3 Å². The minimum absolute atomic E-state index is 0.00965. The van der Waals surface area contributed by atoms with E-state index in [2.05, 4.69) is 16.0 Å². The average Bonchev–Trinajstić information content (AvgIpc) is 3.51. The van der Waals surface area contributed by atoms with Crippen LogP contribution >= 0.6 is 23.1 Å². The highest BCUT2D eigenvalue weighted by atomic mass is 32.2. The Kier molecular flexibility index (Phi) is 12.7. The van der Waals surface area contributed by atoms with Gasteiger partial charge >= 0.3 is 5.97 Å². The monoisotopic (exact) mass is 742 g/mol. The molecule has 270 valence electrons. The summed E-state index contributed by atoms with van der Waals surface area (Å²) < 4.78 is 16.2. The Labute approximate surface area is 309 Å². The number of carbonyl (C=O) groups excluding carboxylic acids is 5. The molecule has 0 spiro atoms. The lowest BCUT2D eigenvalue weighted by Crippen LogP contribution is -2.34. The van der Waals surface area contributed by atoms with Crippen molar-refractivity contribution in [3.63, 3.8) is 0 Å². The zero-order valence-corrected chi connectivity index (χ0v) is 30.7. The SMILES string of the molecule is CCOC(=O)c1c(NC(=O)CSc2cccc(NC(=O)/C(=C\c3cccc(OC)c3OC)NC(=O)c3ccccc3)c2)sc2c1CCN(C(C)=O)C2. The van der Waals surface area contributed by atoms with Crippen LogP contribution in [0.2, 0.25) is 0 Å². The summed E-state index contributed by atoms with van der Waals surface area (Å²) >= 11 is 2.51. The molecule has 0 saturated carbocycles. The van der Waals surface area contributed by atoms with Gasteiger partial charge in [0.25, 0.3) is 11.8 Å². The van der Waals surface area contributed by atoms with Crippen molar-refractivity contribution < 1.29 is 38.2 Å². The number of nitrogens with one attached hydrogen (secondary N) is 3. The van der Waals surface area contributed by atoms with Crippen LogP contribution in [-0.4, -0.2) is 67.6 Å². The van der Waals surface area contributed by atoms with Gasteiger partial charge in [-0.25, -0.2) is 4.79 Å². The molecule has 0 bridgehead atoms. The number of esters is 1. The molecule has 1 aliphatic rings. The number of methoxy groups -OCH3 is 2. The van der Waals surface area contributed by atoms with E-state index in [0.717, 1.165) is 10.4 Å². The summed E-state index contributed by atoms with van der Waals surface area (Å²) in [5.74, 6) is -1.13. The van der Waals surface area contributed by atoms with Crippen LogP contribution in [0.5, 0.6) is 11.5 Å². The van der Waals surface area contributed by atoms with E-state index >= 15 is 0 Å². The molecule has 1 aromatic heterocycles. The number of hydrogen-bond donors (Lipinski definition) is 3. The van der Waals surface area contributed by atoms with E-state index in [9.17, 15) is 24.0 Å². The lowest BCUT2D eigenvalue weighted by molar-refractivity contribution is -0.129. The summed E-state index contributed by atoms with van der Waals surface area (Å²) in [7, 11) is 2.99. The van der Waals surface area contributed by atoms with Gasteiger partial charge in [0.05, 0.1) is 38.7 Å². The maximum Gasteiger partial charge on any atom is 0.341 e. The molecule has 4 aromatic rings. The van der Waals surface area contributed by atoms with E-state index < -0.39 is 17.8 Å². The number of fused-ring (bicyclic) bond motifs is 1. The second-order valence-electron chi connectivity index (χ2n) is 11.4. The fraction of sp³-hybridized carbons (Fsp3) is 0.237. The highest BCUT2D eigenvalue weighted by Crippen LogP contribution is 2.38. The lowest BCUT2D eigenvalue weighted by Gasteiger charge is -2.25. The number of thioether (sulfide) groups is 1. The van der Waals surface area contributed by atoms with Gasteiger partial charge in [0.2, 0.25) is 11.8 Å². The highest BCUT2D eigenvalue weighted by molar-refractivity contribution is 8.00. The van der Waals surface area contributed by atoms with Crippen LogP contribution in [0.1, 0.15) is 50.6 Å². The summed E-state index contributed by atoms with van der Waals surface area (Å²) in [6.45, 7) is 4.25. The molecule has 0 unspecified atom stereocenters. The maximum atomic E-state index is 13.7. The topological polar surface area (TPSA) is 152 Å². The van der Waals surface area contributed by atoms with Gasteiger partial charge in [-0.15, -0.1) is 23.1 Å². The largest absolute Gasteiger partial charge is 0.493 e. The second-order valence-corrected chi connectivity index (χ2v) is 13.6. The van der Waals surface area contributed by atoms with Crippen LogP contribution in [0.3, 0.4) is 0 Å². The number of ether oxygens (including phenoxy) is 3. The third-order valence-corrected chi connectivity index (χ3v) is 10.1. The number of para-hydroxylation sites is 1. The molecule has 3 aromatic carbocycles. The molecule has 0 saturated heterocycles. The summed E-state index contributed by atoms with van der Waals surface area (Å²) in [5.41, 5.74) is 2.39. The number of amides is 4. The zero-order chi connectivity index (χ0) is 37.2. The van der Waals surface area contributed by atoms with Crippen LogP contribution in [-0.2, 0) is 32.1 Å². The van der Waals surface area contributed by atoms with Crippen molar-refractivity contribution in [1.29, 1.82) is 0 Å². The van der Waals surface area contributed by atoms with E-state index in [1.54, 1.807) is 84.6 Å². The van der Waals surface area contributed by atoms with Crippen molar-refractivity contribution in [2.75, 3.05) is 43.8 Å². The molecule has 4 amide bonds. The Hall–Kier alpha value is -5.60. The molecule has 2 heterocycles. The fourth-order valence-electron chi connectivity index (χ4n) is 5.48. The van der Waals surface area contributed by atoms with Crippen molar-refractivity contribution >= 4 is 69.5 Å². The molecule has 12 nitrogen and oxygen atoms in total. The van der Waals surface area contributed by atoms with E-state index in [-0.39, 0.29) is 29.9 Å². The van der Waals surface area contributed by atoms with Gasteiger partial charge in [0.15, 0.2) is 11.5 Å². The predicted molar refractivity (Wildman–Crippen MR) is 201 cm³/mol. The first kappa shape index (κ1) is 37.7. The Balaban J connectivity index is 1.31. The van der Waals surface area contributed by atoms with E-state index in [4.69, 9.17) is 14.2 Å². The van der Waals surface area contributed by atoms with Gasteiger partial charge in [0.1, 0.15) is 10.7 Å². The third-order valence-electron chi connectivity index (χ3n) is 7.96. The summed E-state index contributed by atoms with van der Waals surface area (Å²) in [6.07, 6.45) is 1.99.